The van der Waals surface area contributed by atoms with E-state index in [1.807, 2.05) is 43.5 Å². The summed E-state index contributed by atoms with van der Waals surface area (Å²) in [6.45, 7) is 2.63. The van der Waals surface area contributed by atoms with E-state index in [1.54, 1.807) is 6.26 Å². The number of hydrogen-bond acceptors (Lipinski definition) is 3. The number of aromatic nitrogens is 3. The van der Waals surface area contributed by atoms with Crippen LogP contribution in [0.1, 0.15) is 35.3 Å². The lowest BCUT2D eigenvalue weighted by molar-refractivity contribution is 0.0933. The van der Waals surface area contributed by atoms with Crippen LogP contribution in [0.2, 0.25) is 0 Å². The number of para-hydroxylation sites is 1. The lowest BCUT2D eigenvalue weighted by Crippen LogP contribution is -2.33. The molecule has 0 spiro atoms. The summed E-state index contributed by atoms with van der Waals surface area (Å²) in [6, 6.07) is 16.0. The number of rotatable bonds is 7. The molecule has 0 radical (unpaired) electrons. The standard InChI is InChI=1S/C21H22N4O2/c1-15(8-9-18-6-4-12-27-18)22-21(26)19-13-17(23-24-19)14-25-11-10-16-5-2-3-7-20(16)25/h2-7,10-13,15H,8-9,14H2,1H3,(H,22,26)(H,23,24)/t15-/m1/s1. The number of carbonyl (C=O) groups is 1. The zero-order chi connectivity index (χ0) is 18.6. The number of H-pyrrole nitrogens is 1. The van der Waals surface area contributed by atoms with E-state index in [9.17, 15) is 4.79 Å². The molecule has 0 unspecified atom stereocenters. The van der Waals surface area contributed by atoms with Crippen molar-refractivity contribution in [3.05, 3.63) is 78.1 Å². The number of aryl methyl sites for hydroxylation is 1. The fourth-order valence-corrected chi connectivity index (χ4v) is 3.20. The number of hydrogen-bond donors (Lipinski definition) is 2. The molecule has 1 aromatic carbocycles. The fraction of sp³-hybridized carbons (Fsp3) is 0.238. The van der Waals surface area contributed by atoms with Crippen molar-refractivity contribution in [1.82, 2.24) is 20.1 Å². The Hall–Kier alpha value is -3.28. The molecule has 4 rings (SSSR count). The highest BCUT2D eigenvalue weighted by Gasteiger charge is 2.14. The van der Waals surface area contributed by atoms with Gasteiger partial charge in [-0.3, -0.25) is 9.89 Å². The normalized spacial score (nSPS) is 12.3. The molecule has 4 aromatic rings. The number of nitrogens with one attached hydrogen (secondary N) is 2. The molecular weight excluding hydrogens is 340 g/mol. The van der Waals surface area contributed by atoms with Crippen LogP contribution in [0.4, 0.5) is 0 Å². The average molecular weight is 362 g/mol. The van der Waals surface area contributed by atoms with Gasteiger partial charge in [0, 0.05) is 24.2 Å². The van der Waals surface area contributed by atoms with Crippen LogP contribution >= 0.6 is 0 Å². The van der Waals surface area contributed by atoms with E-state index in [4.69, 9.17) is 4.42 Å². The van der Waals surface area contributed by atoms with Gasteiger partial charge in [-0.25, -0.2) is 0 Å². The lowest BCUT2D eigenvalue weighted by Gasteiger charge is -2.11. The van der Waals surface area contributed by atoms with E-state index >= 15 is 0 Å². The van der Waals surface area contributed by atoms with Gasteiger partial charge in [-0.05, 0) is 49.1 Å². The zero-order valence-corrected chi connectivity index (χ0v) is 15.2. The molecule has 1 amide bonds. The first-order valence-electron chi connectivity index (χ1n) is 9.10. The first-order valence-corrected chi connectivity index (χ1v) is 9.10. The second-order valence-corrected chi connectivity index (χ2v) is 6.77. The van der Waals surface area contributed by atoms with Crippen LogP contribution in [0.3, 0.4) is 0 Å². The van der Waals surface area contributed by atoms with Gasteiger partial charge >= 0.3 is 0 Å². The number of aromatic amines is 1. The minimum absolute atomic E-state index is 0.0381. The monoisotopic (exact) mass is 362 g/mol. The fourth-order valence-electron chi connectivity index (χ4n) is 3.20. The van der Waals surface area contributed by atoms with Crippen LogP contribution in [0.5, 0.6) is 0 Å². The van der Waals surface area contributed by atoms with Crippen molar-refractivity contribution in [2.45, 2.75) is 32.4 Å². The smallest absolute Gasteiger partial charge is 0.271 e. The summed E-state index contributed by atoms with van der Waals surface area (Å²) < 4.78 is 7.46. The highest BCUT2D eigenvalue weighted by atomic mass is 16.3. The van der Waals surface area contributed by atoms with Crippen LogP contribution < -0.4 is 5.32 Å². The van der Waals surface area contributed by atoms with Gasteiger partial charge in [0.05, 0.1) is 18.5 Å². The second kappa shape index (κ2) is 7.53. The van der Waals surface area contributed by atoms with E-state index in [-0.39, 0.29) is 11.9 Å². The number of carbonyl (C=O) groups excluding carboxylic acids is 1. The molecule has 27 heavy (non-hydrogen) atoms. The van der Waals surface area contributed by atoms with E-state index < -0.39 is 0 Å². The molecule has 2 N–H and O–H groups in total. The third-order valence-electron chi connectivity index (χ3n) is 4.67. The molecule has 0 aliphatic rings. The van der Waals surface area contributed by atoms with Crippen molar-refractivity contribution in [3.8, 4) is 0 Å². The Bertz CT molecular complexity index is 1030. The second-order valence-electron chi connectivity index (χ2n) is 6.77. The van der Waals surface area contributed by atoms with Gasteiger partial charge in [0.25, 0.3) is 5.91 Å². The third kappa shape index (κ3) is 3.95. The summed E-state index contributed by atoms with van der Waals surface area (Å²) in [6.07, 6.45) is 5.31. The first-order chi connectivity index (χ1) is 13.2. The Balaban J connectivity index is 1.36. The Morgan fingerprint density at radius 3 is 3.00 bits per heavy atom. The average Bonchev–Trinajstić information content (AvgIpc) is 3.42. The van der Waals surface area contributed by atoms with Crippen molar-refractivity contribution >= 4 is 16.8 Å². The summed E-state index contributed by atoms with van der Waals surface area (Å²) in [7, 11) is 0. The van der Waals surface area contributed by atoms with Crippen LogP contribution in [0.25, 0.3) is 10.9 Å². The van der Waals surface area contributed by atoms with E-state index in [0.717, 1.165) is 29.8 Å². The molecule has 0 bridgehead atoms. The maximum absolute atomic E-state index is 12.4. The van der Waals surface area contributed by atoms with Crippen molar-refractivity contribution in [3.63, 3.8) is 0 Å². The zero-order valence-electron chi connectivity index (χ0n) is 15.2. The number of furan rings is 1. The quantitative estimate of drug-likeness (QED) is 0.526. The molecule has 3 heterocycles. The largest absolute Gasteiger partial charge is 0.469 e. The van der Waals surface area contributed by atoms with Gasteiger partial charge in [-0.2, -0.15) is 5.10 Å². The number of nitrogens with zero attached hydrogens (tertiary/aromatic N) is 2. The van der Waals surface area contributed by atoms with E-state index in [1.165, 1.54) is 5.39 Å². The summed E-state index contributed by atoms with van der Waals surface area (Å²) in [5, 5.41) is 11.3. The van der Waals surface area contributed by atoms with Crippen LogP contribution in [0.15, 0.2) is 65.4 Å². The molecule has 0 saturated heterocycles. The maximum atomic E-state index is 12.4. The Labute approximate surface area is 157 Å². The summed E-state index contributed by atoms with van der Waals surface area (Å²) >= 11 is 0. The molecule has 0 aliphatic heterocycles. The van der Waals surface area contributed by atoms with Crippen LogP contribution in [-0.2, 0) is 13.0 Å². The molecule has 0 fully saturated rings. The Kier molecular flexibility index (Phi) is 4.78. The summed E-state index contributed by atoms with van der Waals surface area (Å²) in [4.78, 5) is 12.4. The van der Waals surface area contributed by atoms with Crippen molar-refractivity contribution < 1.29 is 9.21 Å². The van der Waals surface area contributed by atoms with Gasteiger partial charge in [0.15, 0.2) is 0 Å². The van der Waals surface area contributed by atoms with Crippen molar-refractivity contribution in [2.75, 3.05) is 0 Å². The van der Waals surface area contributed by atoms with Crippen LogP contribution in [0, 0.1) is 0 Å². The molecule has 6 nitrogen and oxygen atoms in total. The van der Waals surface area contributed by atoms with Gasteiger partial charge in [0.1, 0.15) is 11.5 Å². The minimum Gasteiger partial charge on any atom is -0.469 e. The highest BCUT2D eigenvalue weighted by molar-refractivity contribution is 5.92. The summed E-state index contributed by atoms with van der Waals surface area (Å²) in [5.41, 5.74) is 2.46. The molecule has 0 saturated carbocycles. The lowest BCUT2D eigenvalue weighted by atomic mass is 10.1. The molecular formula is C21H22N4O2. The third-order valence-corrected chi connectivity index (χ3v) is 4.67. The van der Waals surface area contributed by atoms with E-state index in [0.29, 0.717) is 12.2 Å². The number of amides is 1. The molecule has 3 aromatic heterocycles. The van der Waals surface area contributed by atoms with Gasteiger partial charge < -0.3 is 14.3 Å². The van der Waals surface area contributed by atoms with Gasteiger partial charge in [-0.15, -0.1) is 0 Å². The topological polar surface area (TPSA) is 75.8 Å². The molecule has 138 valence electrons. The maximum Gasteiger partial charge on any atom is 0.271 e. The predicted octanol–water partition coefficient (Wildman–Crippen LogP) is 3.76. The summed E-state index contributed by atoms with van der Waals surface area (Å²) in [5.74, 6) is 0.763. The Morgan fingerprint density at radius 2 is 2.15 bits per heavy atom. The molecule has 6 heteroatoms. The van der Waals surface area contributed by atoms with E-state index in [2.05, 4.69) is 38.3 Å². The minimum atomic E-state index is -0.165. The predicted molar refractivity (Wildman–Crippen MR) is 104 cm³/mol. The number of benzene rings is 1. The van der Waals surface area contributed by atoms with Crippen molar-refractivity contribution in [1.29, 1.82) is 0 Å². The van der Waals surface area contributed by atoms with Gasteiger partial charge in [-0.1, -0.05) is 18.2 Å². The SMILES string of the molecule is C[C@H](CCc1ccco1)NC(=O)c1cc(Cn2ccc3ccccc32)[nH]n1. The first kappa shape index (κ1) is 17.1. The van der Waals surface area contributed by atoms with Crippen LogP contribution in [-0.4, -0.2) is 26.7 Å². The number of fused-ring (bicyclic) bond motifs is 1. The van der Waals surface area contributed by atoms with Gasteiger partial charge in [0.2, 0.25) is 0 Å². The molecule has 0 aliphatic carbocycles. The van der Waals surface area contributed by atoms with Crippen molar-refractivity contribution in [2.24, 2.45) is 0 Å². The highest BCUT2D eigenvalue weighted by Crippen LogP contribution is 2.16. The Morgan fingerprint density at radius 1 is 1.26 bits per heavy atom. The molecule has 1 atom stereocenters.